The molecule has 1 heterocycles. The largest absolute Gasteiger partial charge is 0.333 e. The van der Waals surface area contributed by atoms with Gasteiger partial charge in [-0.2, -0.15) is 0 Å². The summed E-state index contributed by atoms with van der Waals surface area (Å²) in [6.07, 6.45) is 5.29. The fourth-order valence-corrected chi connectivity index (χ4v) is 3.64. The van der Waals surface area contributed by atoms with Crippen LogP contribution in [0.4, 0.5) is 5.69 Å². The first-order valence-electron chi connectivity index (χ1n) is 6.59. The number of sulfonamides is 1. The van der Waals surface area contributed by atoms with Crippen molar-refractivity contribution in [2.24, 2.45) is 5.92 Å². The monoisotopic (exact) mass is 327 g/mol. The van der Waals surface area contributed by atoms with Gasteiger partial charge in [-0.1, -0.05) is 19.1 Å². The van der Waals surface area contributed by atoms with E-state index in [0.717, 1.165) is 5.56 Å². The molecule has 0 saturated heterocycles. The highest BCUT2D eigenvalue weighted by Crippen LogP contribution is 2.15. The number of benzene rings is 1. The molecule has 2 aromatic rings. The minimum absolute atomic E-state index is 0.0161. The van der Waals surface area contributed by atoms with Gasteiger partial charge in [0, 0.05) is 30.5 Å². The van der Waals surface area contributed by atoms with Crippen LogP contribution in [0.2, 0.25) is 0 Å². The first-order chi connectivity index (χ1) is 9.98. The molecule has 2 rings (SSSR count). The summed E-state index contributed by atoms with van der Waals surface area (Å²) in [5.41, 5.74) is 1.56. The lowest BCUT2D eigenvalue weighted by molar-refractivity contribution is 0.588. The SMILES string of the molecule is CC(CCl)CS(=O)(=O)Nc1cccc(Cn2ccnc2)c1. The Hall–Kier alpha value is -1.53. The molecule has 0 aliphatic heterocycles. The molecule has 0 spiro atoms. The Kier molecular flexibility index (Phi) is 5.25. The summed E-state index contributed by atoms with van der Waals surface area (Å²) < 4.78 is 28.5. The topological polar surface area (TPSA) is 64.0 Å². The maximum Gasteiger partial charge on any atom is 0.233 e. The van der Waals surface area contributed by atoms with E-state index < -0.39 is 10.0 Å². The molecule has 0 radical (unpaired) electrons. The van der Waals surface area contributed by atoms with Gasteiger partial charge in [0.2, 0.25) is 10.0 Å². The van der Waals surface area contributed by atoms with Crippen molar-refractivity contribution in [1.82, 2.24) is 9.55 Å². The Morgan fingerprint density at radius 3 is 2.90 bits per heavy atom. The molecule has 1 aromatic heterocycles. The quantitative estimate of drug-likeness (QED) is 0.795. The van der Waals surface area contributed by atoms with Crippen LogP contribution in [-0.2, 0) is 16.6 Å². The van der Waals surface area contributed by atoms with Crippen molar-refractivity contribution in [3.05, 3.63) is 48.5 Å². The number of aromatic nitrogens is 2. The van der Waals surface area contributed by atoms with Gasteiger partial charge >= 0.3 is 0 Å². The Labute approximate surface area is 130 Å². The lowest BCUT2D eigenvalue weighted by atomic mass is 10.2. The van der Waals surface area contributed by atoms with Crippen LogP contribution in [0.5, 0.6) is 0 Å². The molecule has 5 nitrogen and oxygen atoms in total. The Morgan fingerprint density at radius 1 is 1.43 bits per heavy atom. The van der Waals surface area contributed by atoms with Crippen molar-refractivity contribution in [2.45, 2.75) is 13.5 Å². The third-order valence-electron chi connectivity index (χ3n) is 2.89. The molecule has 1 N–H and O–H groups in total. The van der Waals surface area contributed by atoms with Gasteiger partial charge in [0.05, 0.1) is 12.1 Å². The van der Waals surface area contributed by atoms with Crippen molar-refractivity contribution < 1.29 is 8.42 Å². The maximum absolute atomic E-state index is 12.0. The van der Waals surface area contributed by atoms with E-state index >= 15 is 0 Å². The second kappa shape index (κ2) is 6.95. The number of rotatable bonds is 7. The van der Waals surface area contributed by atoms with Crippen molar-refractivity contribution >= 4 is 27.3 Å². The average Bonchev–Trinajstić information content (AvgIpc) is 2.90. The van der Waals surface area contributed by atoms with E-state index in [0.29, 0.717) is 18.1 Å². The third-order valence-corrected chi connectivity index (χ3v) is 4.97. The van der Waals surface area contributed by atoms with Crippen molar-refractivity contribution in [2.75, 3.05) is 16.4 Å². The Balaban J connectivity index is 2.07. The molecular formula is C14H18ClN3O2S. The molecule has 0 saturated carbocycles. The number of hydrogen-bond donors (Lipinski definition) is 1. The van der Waals surface area contributed by atoms with Gasteiger partial charge in [-0.05, 0) is 23.6 Å². The van der Waals surface area contributed by atoms with Crippen LogP contribution in [0.3, 0.4) is 0 Å². The van der Waals surface area contributed by atoms with E-state index in [9.17, 15) is 8.42 Å². The summed E-state index contributed by atoms with van der Waals surface area (Å²) in [6.45, 7) is 2.45. The molecule has 1 aromatic carbocycles. The number of alkyl halides is 1. The smallest absolute Gasteiger partial charge is 0.233 e. The van der Waals surface area contributed by atoms with Crippen LogP contribution >= 0.6 is 11.6 Å². The van der Waals surface area contributed by atoms with Crippen LogP contribution < -0.4 is 4.72 Å². The van der Waals surface area contributed by atoms with Crippen molar-refractivity contribution in [3.63, 3.8) is 0 Å². The third kappa shape index (κ3) is 5.06. The van der Waals surface area contributed by atoms with Crippen LogP contribution in [0.25, 0.3) is 0 Å². The summed E-state index contributed by atoms with van der Waals surface area (Å²) in [7, 11) is -3.38. The van der Waals surface area contributed by atoms with Crippen LogP contribution in [0.15, 0.2) is 43.0 Å². The summed E-state index contributed by atoms with van der Waals surface area (Å²) >= 11 is 5.66. The van der Waals surface area contributed by atoms with E-state index in [1.807, 2.05) is 35.9 Å². The highest BCUT2D eigenvalue weighted by Gasteiger charge is 2.15. The fourth-order valence-electron chi connectivity index (χ4n) is 1.96. The Bertz CT molecular complexity index is 671. The zero-order valence-electron chi connectivity index (χ0n) is 11.7. The highest BCUT2D eigenvalue weighted by atomic mass is 35.5. The lowest BCUT2D eigenvalue weighted by Crippen LogP contribution is -2.22. The maximum atomic E-state index is 12.0. The van der Waals surface area contributed by atoms with Gasteiger partial charge in [-0.25, -0.2) is 13.4 Å². The first-order valence-corrected chi connectivity index (χ1v) is 8.78. The number of nitrogens with zero attached hydrogens (tertiary/aromatic N) is 2. The second-order valence-corrected chi connectivity index (χ2v) is 7.15. The van der Waals surface area contributed by atoms with Gasteiger partial charge in [-0.15, -0.1) is 11.6 Å². The molecule has 0 aliphatic rings. The minimum atomic E-state index is -3.38. The normalized spacial score (nSPS) is 13.0. The van der Waals surface area contributed by atoms with Crippen LogP contribution in [-0.4, -0.2) is 29.6 Å². The van der Waals surface area contributed by atoms with Gasteiger partial charge in [0.15, 0.2) is 0 Å². The molecule has 7 heteroatoms. The first kappa shape index (κ1) is 15.9. The molecule has 1 atom stereocenters. The molecular weight excluding hydrogens is 310 g/mol. The van der Waals surface area contributed by atoms with Crippen molar-refractivity contribution in [3.8, 4) is 0 Å². The van der Waals surface area contributed by atoms with Crippen LogP contribution in [0, 0.1) is 5.92 Å². The van der Waals surface area contributed by atoms with Gasteiger partial charge in [0.25, 0.3) is 0 Å². The molecule has 114 valence electrons. The molecule has 0 bridgehead atoms. The number of imidazole rings is 1. The average molecular weight is 328 g/mol. The van der Waals surface area contributed by atoms with Crippen molar-refractivity contribution in [1.29, 1.82) is 0 Å². The number of anilines is 1. The summed E-state index contributed by atoms with van der Waals surface area (Å²) in [5, 5.41) is 0. The minimum Gasteiger partial charge on any atom is -0.333 e. The van der Waals surface area contributed by atoms with E-state index in [-0.39, 0.29) is 11.7 Å². The predicted molar refractivity (Wildman–Crippen MR) is 85.1 cm³/mol. The fraction of sp³-hybridized carbons (Fsp3) is 0.357. The number of nitrogens with one attached hydrogen (secondary N) is 1. The molecule has 0 aliphatic carbocycles. The standard InChI is InChI=1S/C14H18ClN3O2S/c1-12(8-15)10-21(19,20)17-14-4-2-3-13(7-14)9-18-6-5-16-11-18/h2-7,11-12,17H,8-10H2,1H3. The van der Waals surface area contributed by atoms with E-state index in [4.69, 9.17) is 11.6 Å². The predicted octanol–water partition coefficient (Wildman–Crippen LogP) is 2.55. The van der Waals surface area contributed by atoms with E-state index in [2.05, 4.69) is 9.71 Å². The van der Waals surface area contributed by atoms with E-state index in [1.54, 1.807) is 18.6 Å². The summed E-state index contributed by atoms with van der Waals surface area (Å²) in [4.78, 5) is 3.98. The summed E-state index contributed by atoms with van der Waals surface area (Å²) in [5.74, 6) is 0.252. The summed E-state index contributed by atoms with van der Waals surface area (Å²) in [6, 6.07) is 7.33. The van der Waals surface area contributed by atoms with Gasteiger partial charge < -0.3 is 4.57 Å². The Morgan fingerprint density at radius 2 is 2.24 bits per heavy atom. The molecule has 0 amide bonds. The second-order valence-electron chi connectivity index (χ2n) is 5.08. The zero-order chi connectivity index (χ0) is 15.3. The molecule has 1 unspecified atom stereocenters. The highest BCUT2D eigenvalue weighted by molar-refractivity contribution is 7.92. The lowest BCUT2D eigenvalue weighted by Gasteiger charge is -2.12. The number of halogens is 1. The molecule has 21 heavy (non-hydrogen) atoms. The van der Waals surface area contributed by atoms with E-state index in [1.165, 1.54) is 0 Å². The molecule has 0 fully saturated rings. The van der Waals surface area contributed by atoms with Crippen LogP contribution in [0.1, 0.15) is 12.5 Å². The van der Waals surface area contributed by atoms with Gasteiger partial charge in [-0.3, -0.25) is 4.72 Å². The number of hydrogen-bond acceptors (Lipinski definition) is 3. The zero-order valence-corrected chi connectivity index (χ0v) is 13.3. The van der Waals surface area contributed by atoms with Gasteiger partial charge in [0.1, 0.15) is 0 Å².